The highest BCUT2D eigenvalue weighted by atomic mass is 35.5. The van der Waals surface area contributed by atoms with E-state index in [0.717, 1.165) is 6.42 Å². The van der Waals surface area contributed by atoms with Gasteiger partial charge in [0.1, 0.15) is 5.03 Å². The minimum Gasteiger partial charge on any atom is -0.409 e. The molecule has 4 nitrogen and oxygen atoms in total. The van der Waals surface area contributed by atoms with Crippen molar-refractivity contribution in [3.05, 3.63) is 23.4 Å². The molecule has 82 valence electrons. The van der Waals surface area contributed by atoms with E-state index in [1.54, 1.807) is 18.3 Å². The lowest BCUT2D eigenvalue weighted by molar-refractivity contribution is 0.317. The van der Waals surface area contributed by atoms with Gasteiger partial charge in [-0.1, -0.05) is 35.4 Å². The summed E-state index contributed by atoms with van der Waals surface area (Å²) in [6.07, 6.45) is 2.40. The summed E-state index contributed by atoms with van der Waals surface area (Å²) in [5.41, 5.74) is 5.53. The molecule has 1 unspecified atom stereocenters. The van der Waals surface area contributed by atoms with Crippen LogP contribution in [0.1, 0.15) is 13.3 Å². The van der Waals surface area contributed by atoms with Crippen LogP contribution in [0.25, 0.3) is 0 Å². The van der Waals surface area contributed by atoms with Gasteiger partial charge in [-0.15, -0.1) is 0 Å². The van der Waals surface area contributed by atoms with E-state index in [4.69, 9.17) is 22.5 Å². The summed E-state index contributed by atoms with van der Waals surface area (Å²) in [6.45, 7) is 1.95. The van der Waals surface area contributed by atoms with Gasteiger partial charge in [-0.05, 0) is 18.6 Å². The maximum Gasteiger partial charge on any atom is 0.152 e. The van der Waals surface area contributed by atoms with Crippen LogP contribution in [0.3, 0.4) is 0 Å². The molecule has 0 saturated carbocycles. The highest BCUT2D eigenvalue weighted by molar-refractivity contribution is 8.00. The second-order valence-electron chi connectivity index (χ2n) is 2.83. The topological polar surface area (TPSA) is 71.5 Å². The number of thioether (sulfide) groups is 1. The van der Waals surface area contributed by atoms with Crippen molar-refractivity contribution in [2.24, 2.45) is 10.9 Å². The molecule has 0 aromatic carbocycles. The van der Waals surface area contributed by atoms with Gasteiger partial charge in [0.05, 0.1) is 10.3 Å². The maximum absolute atomic E-state index is 8.58. The Morgan fingerprint density at radius 1 is 1.80 bits per heavy atom. The molecular weight excluding hydrogens is 234 g/mol. The molecule has 0 aliphatic heterocycles. The van der Waals surface area contributed by atoms with Crippen LogP contribution in [0.15, 0.2) is 28.5 Å². The second-order valence-corrected chi connectivity index (χ2v) is 4.43. The quantitative estimate of drug-likeness (QED) is 0.281. The molecule has 0 spiro atoms. The van der Waals surface area contributed by atoms with E-state index in [1.807, 2.05) is 6.92 Å². The summed E-state index contributed by atoms with van der Waals surface area (Å²) < 4.78 is 0. The van der Waals surface area contributed by atoms with Gasteiger partial charge in [-0.25, -0.2) is 4.98 Å². The van der Waals surface area contributed by atoms with Crippen molar-refractivity contribution in [1.82, 2.24) is 4.98 Å². The molecular formula is C9H12ClN3OS. The molecule has 0 amide bonds. The van der Waals surface area contributed by atoms with Crippen molar-refractivity contribution < 1.29 is 5.21 Å². The molecule has 0 aliphatic rings. The average Bonchev–Trinajstić information content (AvgIpc) is 2.27. The van der Waals surface area contributed by atoms with Crippen LogP contribution in [0.5, 0.6) is 0 Å². The molecule has 1 aromatic rings. The van der Waals surface area contributed by atoms with E-state index >= 15 is 0 Å². The smallest absolute Gasteiger partial charge is 0.152 e. The Labute approximate surface area is 97.5 Å². The summed E-state index contributed by atoms with van der Waals surface area (Å²) in [5.74, 6) is 0.184. The van der Waals surface area contributed by atoms with Gasteiger partial charge in [0.15, 0.2) is 5.84 Å². The zero-order valence-electron chi connectivity index (χ0n) is 8.22. The van der Waals surface area contributed by atoms with Crippen LogP contribution in [0.4, 0.5) is 0 Å². The van der Waals surface area contributed by atoms with Crippen molar-refractivity contribution in [3.8, 4) is 0 Å². The fraction of sp³-hybridized carbons (Fsp3) is 0.333. The van der Waals surface area contributed by atoms with Crippen molar-refractivity contribution in [2.75, 3.05) is 0 Å². The lowest BCUT2D eigenvalue weighted by Gasteiger charge is -2.12. The number of hydrogen-bond donors (Lipinski definition) is 2. The Balaban J connectivity index is 2.80. The van der Waals surface area contributed by atoms with E-state index < -0.39 is 0 Å². The summed E-state index contributed by atoms with van der Waals surface area (Å²) in [4.78, 5) is 4.12. The van der Waals surface area contributed by atoms with Gasteiger partial charge < -0.3 is 10.9 Å². The number of hydrogen-bond acceptors (Lipinski definition) is 4. The van der Waals surface area contributed by atoms with Gasteiger partial charge >= 0.3 is 0 Å². The van der Waals surface area contributed by atoms with E-state index in [-0.39, 0.29) is 11.1 Å². The number of aromatic nitrogens is 1. The number of oxime groups is 1. The molecule has 0 aliphatic carbocycles. The van der Waals surface area contributed by atoms with Crippen LogP contribution >= 0.6 is 23.4 Å². The number of nitrogens with two attached hydrogens (primary N) is 1. The summed E-state index contributed by atoms with van der Waals surface area (Å²) >= 11 is 7.34. The Bertz CT molecular complexity index is 359. The van der Waals surface area contributed by atoms with E-state index in [0.29, 0.717) is 10.0 Å². The fourth-order valence-electron chi connectivity index (χ4n) is 1.01. The third-order valence-electron chi connectivity index (χ3n) is 1.79. The largest absolute Gasteiger partial charge is 0.409 e. The normalized spacial score (nSPS) is 13.9. The van der Waals surface area contributed by atoms with Gasteiger partial charge in [0.25, 0.3) is 0 Å². The molecule has 1 aromatic heterocycles. The van der Waals surface area contributed by atoms with Crippen molar-refractivity contribution in [2.45, 2.75) is 23.6 Å². The van der Waals surface area contributed by atoms with E-state index in [1.165, 1.54) is 11.8 Å². The van der Waals surface area contributed by atoms with Gasteiger partial charge in [-0.2, -0.15) is 0 Å². The first-order valence-corrected chi connectivity index (χ1v) is 5.69. The molecule has 0 fully saturated rings. The standard InChI is InChI=1S/C9H12ClN3OS/c1-2-7(8(11)13-14)15-9-6(10)4-3-5-12-9/h3-5,7,14H,2H2,1H3,(H2,11,13). The first kappa shape index (κ1) is 12.1. The predicted molar refractivity (Wildman–Crippen MR) is 62.6 cm³/mol. The lowest BCUT2D eigenvalue weighted by Crippen LogP contribution is -2.25. The van der Waals surface area contributed by atoms with Crippen LogP contribution in [-0.2, 0) is 0 Å². The average molecular weight is 246 g/mol. The van der Waals surface area contributed by atoms with Crippen molar-refractivity contribution in [1.29, 1.82) is 0 Å². The van der Waals surface area contributed by atoms with Crippen LogP contribution in [0, 0.1) is 0 Å². The number of nitrogens with zero attached hydrogens (tertiary/aromatic N) is 2. The molecule has 1 heterocycles. The molecule has 3 N–H and O–H groups in total. The van der Waals surface area contributed by atoms with Crippen molar-refractivity contribution in [3.63, 3.8) is 0 Å². The highest BCUT2D eigenvalue weighted by Gasteiger charge is 2.15. The number of amidine groups is 1. The van der Waals surface area contributed by atoms with Crippen LogP contribution < -0.4 is 5.73 Å². The van der Waals surface area contributed by atoms with Gasteiger partial charge in [0.2, 0.25) is 0 Å². The fourth-order valence-corrected chi connectivity index (χ4v) is 2.17. The van der Waals surface area contributed by atoms with E-state index in [9.17, 15) is 0 Å². The SMILES string of the molecule is CCC(Sc1ncccc1Cl)C(N)=NO. The van der Waals surface area contributed by atoms with Crippen molar-refractivity contribution >= 4 is 29.2 Å². The monoisotopic (exact) mass is 245 g/mol. The Morgan fingerprint density at radius 2 is 2.53 bits per heavy atom. The number of halogens is 1. The van der Waals surface area contributed by atoms with Gasteiger partial charge in [-0.3, -0.25) is 0 Å². The Kier molecular flexibility index (Phi) is 4.71. The predicted octanol–water partition coefficient (Wildman–Crippen LogP) is 2.35. The zero-order valence-corrected chi connectivity index (χ0v) is 9.79. The molecule has 0 bridgehead atoms. The minimum atomic E-state index is -0.109. The van der Waals surface area contributed by atoms with Crippen LogP contribution in [-0.4, -0.2) is 21.3 Å². The third kappa shape index (κ3) is 3.28. The first-order chi connectivity index (χ1) is 7.19. The van der Waals surface area contributed by atoms with E-state index in [2.05, 4.69) is 10.1 Å². The molecule has 1 rings (SSSR count). The summed E-state index contributed by atoms with van der Waals surface area (Å²) in [7, 11) is 0. The molecule has 0 radical (unpaired) electrons. The summed E-state index contributed by atoms with van der Waals surface area (Å²) in [5, 5.41) is 12.7. The Hall–Kier alpha value is -0.940. The minimum absolute atomic E-state index is 0.109. The van der Waals surface area contributed by atoms with Gasteiger partial charge in [0, 0.05) is 6.20 Å². The molecule has 15 heavy (non-hydrogen) atoms. The second kappa shape index (κ2) is 5.82. The zero-order chi connectivity index (χ0) is 11.3. The Morgan fingerprint density at radius 3 is 3.07 bits per heavy atom. The molecule has 6 heteroatoms. The number of rotatable bonds is 4. The molecule has 0 saturated heterocycles. The number of pyridine rings is 1. The summed E-state index contributed by atoms with van der Waals surface area (Å²) in [6, 6.07) is 3.52. The van der Waals surface area contributed by atoms with Crippen LogP contribution in [0.2, 0.25) is 5.02 Å². The lowest BCUT2D eigenvalue weighted by atomic mass is 10.3. The maximum atomic E-state index is 8.58. The molecule has 1 atom stereocenters. The highest BCUT2D eigenvalue weighted by Crippen LogP contribution is 2.29. The third-order valence-corrected chi connectivity index (χ3v) is 3.62. The first-order valence-electron chi connectivity index (χ1n) is 4.43.